The molecule has 1 unspecified atom stereocenters. The highest BCUT2D eigenvalue weighted by atomic mass is 19.4. The standard InChI is InChI=1S/C18H25N3O2.2C2HF3O2/c1-20-18-16(12-19-20)8-9-21(17(18)14-22-2)10-11-23-13-15-6-4-3-5-7-15;2*3-2(4,5)1(6)7/h3-7,12,17H,8-11,13-14H2,1-2H3;2*(H,6,7). The van der Waals surface area contributed by atoms with E-state index in [0.29, 0.717) is 13.2 Å². The number of rotatable bonds is 7. The third-order valence-electron chi connectivity index (χ3n) is 4.93. The summed E-state index contributed by atoms with van der Waals surface area (Å²) < 4.78 is 76.7. The van der Waals surface area contributed by atoms with Gasteiger partial charge in [-0.05, 0) is 17.5 Å². The zero-order valence-electron chi connectivity index (χ0n) is 19.9. The number of methoxy groups -OCH3 is 1. The normalized spacial score (nSPS) is 15.5. The summed E-state index contributed by atoms with van der Waals surface area (Å²) in [5.41, 5.74) is 3.84. The van der Waals surface area contributed by atoms with Crippen LogP contribution in [0.25, 0.3) is 0 Å². The first-order chi connectivity index (χ1) is 17.2. The Balaban J connectivity index is 0.000000404. The molecule has 37 heavy (non-hydrogen) atoms. The van der Waals surface area contributed by atoms with Crippen LogP contribution in [-0.2, 0) is 39.1 Å². The number of nitrogens with zero attached hydrogens (tertiary/aromatic N) is 3. The molecular formula is C22H27F6N3O6. The van der Waals surface area contributed by atoms with E-state index in [1.54, 1.807) is 7.11 Å². The number of aryl methyl sites for hydroxylation is 1. The van der Waals surface area contributed by atoms with Gasteiger partial charge in [0.2, 0.25) is 0 Å². The second-order valence-electron chi connectivity index (χ2n) is 7.58. The monoisotopic (exact) mass is 543 g/mol. The molecule has 1 aromatic carbocycles. The molecule has 1 aliphatic rings. The van der Waals surface area contributed by atoms with Crippen molar-refractivity contribution in [2.45, 2.75) is 31.4 Å². The van der Waals surface area contributed by atoms with Crippen molar-refractivity contribution in [3.05, 3.63) is 53.3 Å². The van der Waals surface area contributed by atoms with Crippen LogP contribution in [0.1, 0.15) is 22.9 Å². The van der Waals surface area contributed by atoms with Crippen molar-refractivity contribution in [3.63, 3.8) is 0 Å². The minimum atomic E-state index is -5.08. The van der Waals surface area contributed by atoms with Gasteiger partial charge in [-0.2, -0.15) is 31.4 Å². The van der Waals surface area contributed by atoms with Gasteiger partial charge >= 0.3 is 24.3 Å². The van der Waals surface area contributed by atoms with E-state index in [4.69, 9.17) is 29.3 Å². The molecule has 2 heterocycles. The van der Waals surface area contributed by atoms with Gasteiger partial charge in [-0.25, -0.2) is 9.59 Å². The molecule has 2 N–H and O–H groups in total. The Labute approximate surface area is 208 Å². The maximum Gasteiger partial charge on any atom is 0.490 e. The van der Waals surface area contributed by atoms with E-state index in [-0.39, 0.29) is 6.04 Å². The smallest absolute Gasteiger partial charge is 0.475 e. The van der Waals surface area contributed by atoms with E-state index in [1.165, 1.54) is 16.8 Å². The highest BCUT2D eigenvalue weighted by Crippen LogP contribution is 2.29. The lowest BCUT2D eigenvalue weighted by molar-refractivity contribution is -0.193. The topological polar surface area (TPSA) is 114 Å². The predicted molar refractivity (Wildman–Crippen MR) is 117 cm³/mol. The second kappa shape index (κ2) is 14.5. The van der Waals surface area contributed by atoms with Crippen molar-refractivity contribution in [1.29, 1.82) is 0 Å². The number of hydrogen-bond donors (Lipinski definition) is 2. The minimum absolute atomic E-state index is 0.261. The molecule has 1 aliphatic heterocycles. The average Bonchev–Trinajstić information content (AvgIpc) is 3.19. The first kappa shape index (κ1) is 31.9. The lowest BCUT2D eigenvalue weighted by Gasteiger charge is -2.35. The van der Waals surface area contributed by atoms with Crippen LogP contribution in [0.4, 0.5) is 26.3 Å². The first-order valence-corrected chi connectivity index (χ1v) is 10.6. The highest BCUT2D eigenvalue weighted by molar-refractivity contribution is 5.73. The summed E-state index contributed by atoms with van der Waals surface area (Å²) in [5, 5.41) is 18.7. The number of fused-ring (bicyclic) bond motifs is 1. The molecule has 0 bridgehead atoms. The van der Waals surface area contributed by atoms with Crippen LogP contribution in [0.3, 0.4) is 0 Å². The molecular weight excluding hydrogens is 516 g/mol. The first-order valence-electron chi connectivity index (χ1n) is 10.6. The zero-order valence-corrected chi connectivity index (χ0v) is 19.9. The molecule has 0 fully saturated rings. The summed E-state index contributed by atoms with van der Waals surface area (Å²) in [5.74, 6) is -5.51. The van der Waals surface area contributed by atoms with Crippen molar-refractivity contribution >= 4 is 11.9 Å². The van der Waals surface area contributed by atoms with E-state index in [0.717, 1.165) is 26.1 Å². The van der Waals surface area contributed by atoms with Gasteiger partial charge in [0.1, 0.15) is 0 Å². The van der Waals surface area contributed by atoms with Crippen molar-refractivity contribution < 1.29 is 55.6 Å². The summed E-state index contributed by atoms with van der Waals surface area (Å²) >= 11 is 0. The van der Waals surface area contributed by atoms with Crippen LogP contribution in [0.5, 0.6) is 0 Å². The number of carboxylic acids is 2. The van der Waals surface area contributed by atoms with Crippen molar-refractivity contribution in [1.82, 2.24) is 14.7 Å². The molecule has 208 valence electrons. The molecule has 2 aromatic rings. The number of ether oxygens (including phenoxy) is 2. The SMILES string of the molecule is COCC1c2c(cnn2C)CCN1CCOCc1ccccc1.O=C(O)C(F)(F)F.O=C(O)C(F)(F)F. The maximum absolute atomic E-state index is 10.6. The van der Waals surface area contributed by atoms with Crippen LogP contribution in [0.2, 0.25) is 0 Å². The van der Waals surface area contributed by atoms with Crippen molar-refractivity contribution in [2.75, 3.05) is 33.4 Å². The number of benzene rings is 1. The number of halogens is 6. The average molecular weight is 543 g/mol. The number of carboxylic acid groups (broad SMARTS) is 2. The van der Waals surface area contributed by atoms with Crippen molar-refractivity contribution in [2.24, 2.45) is 7.05 Å². The van der Waals surface area contributed by atoms with Gasteiger partial charge in [0.15, 0.2) is 0 Å². The van der Waals surface area contributed by atoms with Crippen LogP contribution in [-0.4, -0.2) is 82.6 Å². The Kier molecular flexibility index (Phi) is 12.5. The number of carbonyl (C=O) groups is 2. The van der Waals surface area contributed by atoms with Crippen LogP contribution in [0, 0.1) is 0 Å². The van der Waals surface area contributed by atoms with E-state index in [2.05, 4.69) is 22.1 Å². The fourth-order valence-electron chi connectivity index (χ4n) is 3.26. The van der Waals surface area contributed by atoms with Gasteiger partial charge in [0, 0.05) is 27.2 Å². The molecule has 3 rings (SSSR count). The quantitative estimate of drug-likeness (QED) is 0.403. The summed E-state index contributed by atoms with van der Waals surface area (Å²) in [6.45, 7) is 4.01. The zero-order chi connectivity index (χ0) is 28.2. The van der Waals surface area contributed by atoms with Gasteiger partial charge in [-0.1, -0.05) is 30.3 Å². The predicted octanol–water partition coefficient (Wildman–Crippen LogP) is 3.45. The largest absolute Gasteiger partial charge is 0.490 e. The number of hydrogen-bond acceptors (Lipinski definition) is 6. The van der Waals surface area contributed by atoms with E-state index >= 15 is 0 Å². The Bertz CT molecular complexity index is 958. The van der Waals surface area contributed by atoms with Gasteiger partial charge < -0.3 is 19.7 Å². The molecule has 1 aromatic heterocycles. The van der Waals surface area contributed by atoms with E-state index < -0.39 is 24.3 Å². The third-order valence-corrected chi connectivity index (χ3v) is 4.93. The highest BCUT2D eigenvalue weighted by Gasteiger charge is 2.39. The van der Waals surface area contributed by atoms with Crippen LogP contribution < -0.4 is 0 Å². The summed E-state index contributed by atoms with van der Waals surface area (Å²) in [6, 6.07) is 10.6. The molecule has 0 spiro atoms. The maximum atomic E-state index is 10.6. The van der Waals surface area contributed by atoms with Gasteiger partial charge in [-0.15, -0.1) is 0 Å². The molecule has 0 radical (unpaired) electrons. The molecule has 9 nitrogen and oxygen atoms in total. The molecule has 15 heteroatoms. The van der Waals surface area contributed by atoms with Crippen molar-refractivity contribution in [3.8, 4) is 0 Å². The molecule has 0 amide bonds. The lowest BCUT2D eigenvalue weighted by Crippen LogP contribution is -2.40. The van der Waals surface area contributed by atoms with Crippen LogP contribution >= 0.6 is 0 Å². The fourth-order valence-corrected chi connectivity index (χ4v) is 3.26. The fraction of sp³-hybridized carbons (Fsp3) is 0.500. The number of aromatic nitrogens is 2. The Morgan fingerprint density at radius 2 is 1.59 bits per heavy atom. The number of alkyl halides is 6. The summed E-state index contributed by atoms with van der Waals surface area (Å²) in [6.07, 6.45) is -7.14. The van der Waals surface area contributed by atoms with Gasteiger partial charge in [0.05, 0.1) is 37.8 Å². The Hall–Kier alpha value is -3.17. The lowest BCUT2D eigenvalue weighted by atomic mass is 10.0. The third kappa shape index (κ3) is 11.2. The van der Waals surface area contributed by atoms with Gasteiger partial charge in [-0.3, -0.25) is 9.58 Å². The van der Waals surface area contributed by atoms with Crippen LogP contribution in [0.15, 0.2) is 36.5 Å². The number of aliphatic carboxylic acids is 2. The second-order valence-corrected chi connectivity index (χ2v) is 7.58. The Morgan fingerprint density at radius 1 is 1.05 bits per heavy atom. The summed E-state index contributed by atoms with van der Waals surface area (Å²) in [4.78, 5) is 20.2. The molecule has 0 saturated heterocycles. The van der Waals surface area contributed by atoms with Gasteiger partial charge in [0.25, 0.3) is 0 Å². The Morgan fingerprint density at radius 3 is 2.08 bits per heavy atom. The summed E-state index contributed by atoms with van der Waals surface area (Å²) in [7, 11) is 3.77. The molecule has 1 atom stereocenters. The molecule has 0 aliphatic carbocycles. The van der Waals surface area contributed by atoms with E-state index in [1.807, 2.05) is 36.1 Å². The minimum Gasteiger partial charge on any atom is -0.475 e. The molecule has 0 saturated carbocycles. The van der Waals surface area contributed by atoms with E-state index in [9.17, 15) is 26.3 Å².